The van der Waals surface area contributed by atoms with E-state index in [2.05, 4.69) is 45.6 Å². The second-order valence-corrected chi connectivity index (χ2v) is 18.9. The minimum absolute atomic E-state index is 0.0977. The number of aromatic nitrogens is 4. The van der Waals surface area contributed by atoms with Gasteiger partial charge in [-0.25, -0.2) is 9.78 Å². The number of piperidine rings is 1. The summed E-state index contributed by atoms with van der Waals surface area (Å²) in [6.07, 6.45) is 16.3. The first-order chi connectivity index (χ1) is 32.9. The molecule has 2 aromatic heterocycles. The number of imide groups is 2. The van der Waals surface area contributed by atoms with Crippen molar-refractivity contribution in [2.75, 3.05) is 81.0 Å². The van der Waals surface area contributed by atoms with Gasteiger partial charge in [-0.1, -0.05) is 32.1 Å². The molecule has 366 valence electrons. The molecule has 5 amide bonds. The van der Waals surface area contributed by atoms with Crippen LogP contribution in [0.1, 0.15) is 134 Å². The van der Waals surface area contributed by atoms with Crippen molar-refractivity contribution in [3.8, 4) is 0 Å². The summed E-state index contributed by atoms with van der Waals surface area (Å²) in [6, 6.07) is 5.02. The quantitative estimate of drug-likeness (QED) is 0.0850. The molecular formula is C49H68N12O7. The van der Waals surface area contributed by atoms with Gasteiger partial charge in [0.15, 0.2) is 0 Å². The number of piperazine rings is 2. The number of unbranched alkanes of at least 4 members (excludes halogenated alkanes) is 6. The largest absolute Gasteiger partial charge is 0.462 e. The summed E-state index contributed by atoms with van der Waals surface area (Å²) >= 11 is 0. The molecule has 6 heterocycles. The van der Waals surface area contributed by atoms with Crippen LogP contribution < -0.4 is 20.9 Å². The molecule has 3 N–H and O–H groups in total. The van der Waals surface area contributed by atoms with Crippen LogP contribution in [0.5, 0.6) is 0 Å². The summed E-state index contributed by atoms with van der Waals surface area (Å²) in [7, 11) is 1.84. The summed E-state index contributed by atoms with van der Waals surface area (Å²) in [5, 5.41) is 13.2. The smallest absolute Gasteiger partial charge is 0.343 e. The zero-order valence-corrected chi connectivity index (χ0v) is 40.0. The van der Waals surface area contributed by atoms with Crippen LogP contribution in [0.4, 0.5) is 23.1 Å². The maximum atomic E-state index is 13.3. The number of esters is 1. The van der Waals surface area contributed by atoms with E-state index in [1.54, 1.807) is 36.9 Å². The Morgan fingerprint density at radius 2 is 1.53 bits per heavy atom. The van der Waals surface area contributed by atoms with Crippen LogP contribution in [-0.4, -0.2) is 158 Å². The van der Waals surface area contributed by atoms with Crippen molar-refractivity contribution in [3.05, 3.63) is 53.0 Å². The molecule has 3 aromatic rings. The fourth-order valence-electron chi connectivity index (χ4n) is 10.4. The van der Waals surface area contributed by atoms with E-state index in [1.807, 2.05) is 19.3 Å². The number of benzene rings is 1. The van der Waals surface area contributed by atoms with E-state index in [4.69, 9.17) is 9.72 Å². The number of amides is 5. The lowest BCUT2D eigenvalue weighted by Crippen LogP contribution is -2.54. The number of ether oxygens (including phenoxy) is 1. The highest BCUT2D eigenvalue weighted by Crippen LogP contribution is 2.32. The van der Waals surface area contributed by atoms with Crippen molar-refractivity contribution < 1.29 is 33.5 Å². The predicted octanol–water partition coefficient (Wildman–Crippen LogP) is 4.65. The van der Waals surface area contributed by atoms with E-state index >= 15 is 0 Å². The van der Waals surface area contributed by atoms with Crippen LogP contribution in [0.15, 0.2) is 30.6 Å². The highest BCUT2D eigenvalue weighted by atomic mass is 16.5. The van der Waals surface area contributed by atoms with Crippen molar-refractivity contribution in [1.82, 2.24) is 44.7 Å². The topological polar surface area (TPSA) is 208 Å². The fraction of sp³-hybridized carbons (Fsp3) is 0.612. The molecule has 68 heavy (non-hydrogen) atoms. The molecule has 1 unspecified atom stereocenters. The third-order valence-electron chi connectivity index (χ3n) is 14.3. The third kappa shape index (κ3) is 11.7. The Hall–Kier alpha value is -5.95. The van der Waals surface area contributed by atoms with Gasteiger partial charge in [0.25, 0.3) is 11.8 Å². The van der Waals surface area contributed by atoms with Crippen LogP contribution in [0.25, 0.3) is 0 Å². The van der Waals surface area contributed by atoms with Crippen LogP contribution >= 0.6 is 0 Å². The van der Waals surface area contributed by atoms with Crippen molar-refractivity contribution in [1.29, 1.82) is 0 Å². The molecule has 1 saturated carbocycles. The highest BCUT2D eigenvalue weighted by molar-refractivity contribution is 6.23. The maximum Gasteiger partial charge on any atom is 0.343 e. The van der Waals surface area contributed by atoms with Crippen LogP contribution in [0.3, 0.4) is 0 Å². The second-order valence-electron chi connectivity index (χ2n) is 18.9. The average Bonchev–Trinajstić information content (AvgIpc) is 3.85. The van der Waals surface area contributed by atoms with Gasteiger partial charge in [0.2, 0.25) is 23.7 Å². The van der Waals surface area contributed by atoms with Crippen molar-refractivity contribution in [2.24, 2.45) is 7.05 Å². The Morgan fingerprint density at radius 3 is 2.22 bits per heavy atom. The number of carbonyl (C=O) groups is 6. The van der Waals surface area contributed by atoms with E-state index in [9.17, 15) is 28.8 Å². The lowest BCUT2D eigenvalue weighted by atomic mass is 9.89. The van der Waals surface area contributed by atoms with Gasteiger partial charge in [0.1, 0.15) is 17.4 Å². The minimum Gasteiger partial charge on any atom is -0.462 e. The summed E-state index contributed by atoms with van der Waals surface area (Å²) in [5.74, 6) is -1.22. The van der Waals surface area contributed by atoms with Gasteiger partial charge in [0.05, 0.1) is 35.3 Å². The van der Waals surface area contributed by atoms with Crippen LogP contribution in [-0.2, 0) is 26.2 Å². The zero-order valence-electron chi connectivity index (χ0n) is 40.0. The molecule has 19 nitrogen and oxygen atoms in total. The molecule has 3 saturated heterocycles. The number of fused-ring (bicyclic) bond motifs is 1. The number of hydrogen-bond acceptors (Lipinski definition) is 15. The number of nitrogens with one attached hydrogen (secondary N) is 3. The van der Waals surface area contributed by atoms with Gasteiger partial charge < -0.3 is 25.2 Å². The van der Waals surface area contributed by atoms with Gasteiger partial charge in [-0.3, -0.25) is 48.7 Å². The molecule has 19 heteroatoms. The first kappa shape index (κ1) is 48.5. The van der Waals surface area contributed by atoms with Crippen molar-refractivity contribution in [3.63, 3.8) is 0 Å². The van der Waals surface area contributed by atoms with Crippen LogP contribution in [0, 0.1) is 6.92 Å². The van der Waals surface area contributed by atoms with E-state index in [0.29, 0.717) is 46.6 Å². The second kappa shape index (κ2) is 22.4. The Labute approximate surface area is 398 Å². The van der Waals surface area contributed by atoms with E-state index in [-0.39, 0.29) is 37.3 Å². The summed E-state index contributed by atoms with van der Waals surface area (Å²) in [5.41, 5.74) is 3.18. The highest BCUT2D eigenvalue weighted by Gasteiger charge is 2.45. The third-order valence-corrected chi connectivity index (χ3v) is 14.3. The molecule has 4 aliphatic heterocycles. The lowest BCUT2D eigenvalue weighted by molar-refractivity contribution is -0.136. The van der Waals surface area contributed by atoms with Crippen LogP contribution in [0.2, 0.25) is 0 Å². The molecule has 5 aliphatic rings. The van der Waals surface area contributed by atoms with Gasteiger partial charge >= 0.3 is 5.97 Å². The maximum absolute atomic E-state index is 13.3. The van der Waals surface area contributed by atoms with E-state index < -0.39 is 29.7 Å². The molecule has 0 bridgehead atoms. The van der Waals surface area contributed by atoms with Gasteiger partial charge in [-0.05, 0) is 83.5 Å². The monoisotopic (exact) mass is 937 g/mol. The molecule has 1 atom stereocenters. The summed E-state index contributed by atoms with van der Waals surface area (Å²) in [4.78, 5) is 96.2. The first-order valence-corrected chi connectivity index (χ1v) is 24.9. The number of carbonyl (C=O) groups excluding carboxylic acids is 6. The fourth-order valence-corrected chi connectivity index (χ4v) is 10.4. The Bertz CT molecular complexity index is 2310. The number of aryl methyl sites for hydroxylation is 2. The molecule has 4 fully saturated rings. The van der Waals surface area contributed by atoms with Gasteiger partial charge in [-0.15, -0.1) is 0 Å². The van der Waals surface area contributed by atoms with Crippen molar-refractivity contribution >= 4 is 58.6 Å². The SMILES string of the molecule is CCOC(=O)c1c(C)nc(Nc2cnn(C)c2)nc1NC1CCC(N2CCN(C(=O)CCCCCCCCCN3CCN(c4ccc5c(c4)C(=O)N(C4CCC(=O)NC4=O)C5=O)CC3)CC2)CC1. The Balaban J connectivity index is 0.664. The number of rotatable bonds is 19. The molecule has 0 spiro atoms. The van der Waals surface area contributed by atoms with Gasteiger partial charge in [0, 0.05) is 96.2 Å². The number of anilines is 4. The van der Waals surface area contributed by atoms with E-state index in [0.717, 1.165) is 127 Å². The predicted molar refractivity (Wildman–Crippen MR) is 256 cm³/mol. The molecule has 1 aliphatic carbocycles. The van der Waals surface area contributed by atoms with Crippen molar-refractivity contribution in [2.45, 2.75) is 122 Å². The number of nitrogens with zero attached hydrogens (tertiary/aromatic N) is 9. The summed E-state index contributed by atoms with van der Waals surface area (Å²) in [6.45, 7) is 11.8. The molecule has 0 radical (unpaired) electrons. The normalized spacial score (nSPS) is 21.5. The zero-order chi connectivity index (χ0) is 47.7. The average molecular weight is 937 g/mol. The Kier molecular flexibility index (Phi) is 16.0. The standard InChI is InChI=1S/C49H68N12O7/c1-4-68-48(67)43-33(2)51-49(53-35-31-50-56(3)32-35)55-44(43)52-34-13-15-36(16-14-34)58-26-28-60(29-27-58)42(63)12-10-8-6-5-7-9-11-21-57-22-24-59(25-23-57)37-17-18-38-39(30-37)47(66)61(46(38)65)40-19-20-41(62)54-45(40)64/h17-18,30-32,34,36,40H,4-16,19-29H2,1-3H3,(H,54,62,64)(H2,51,52,53,55). The minimum atomic E-state index is -0.964. The van der Waals surface area contributed by atoms with Gasteiger partial charge in [-0.2, -0.15) is 10.1 Å². The Morgan fingerprint density at radius 1 is 0.824 bits per heavy atom. The number of hydrogen-bond donors (Lipinski definition) is 3. The first-order valence-electron chi connectivity index (χ1n) is 24.9. The lowest BCUT2D eigenvalue weighted by Gasteiger charge is -2.42. The molecule has 1 aromatic carbocycles. The summed E-state index contributed by atoms with van der Waals surface area (Å²) < 4.78 is 7.07. The molecule has 8 rings (SSSR count). The van der Waals surface area contributed by atoms with E-state index in [1.165, 1.54) is 19.3 Å². The molecular weight excluding hydrogens is 869 g/mol.